The molecule has 1 aromatic heterocycles. The second-order valence-corrected chi connectivity index (χ2v) is 8.60. The molecule has 2 atom stereocenters. The highest BCUT2D eigenvalue weighted by atomic mass is 19.1. The quantitative estimate of drug-likeness (QED) is 0.465. The molecule has 3 N–H and O–H groups in total. The first-order valence-corrected chi connectivity index (χ1v) is 10.7. The number of fused-ring (bicyclic) bond motifs is 1. The fourth-order valence-electron chi connectivity index (χ4n) is 4.00. The predicted molar refractivity (Wildman–Crippen MR) is 121 cm³/mol. The van der Waals surface area contributed by atoms with Crippen LogP contribution in [0.3, 0.4) is 0 Å². The Labute approximate surface area is 182 Å². The smallest absolute Gasteiger partial charge is 0.260 e. The van der Waals surface area contributed by atoms with Crippen molar-refractivity contribution >= 4 is 28.5 Å². The van der Waals surface area contributed by atoms with E-state index in [9.17, 15) is 9.18 Å². The number of halogens is 1. The Kier molecular flexibility index (Phi) is 7.56. The lowest BCUT2D eigenvalue weighted by Gasteiger charge is -2.39. The van der Waals surface area contributed by atoms with Gasteiger partial charge in [-0.3, -0.25) is 10.2 Å². The molecule has 2 aromatic rings. The fourth-order valence-corrected chi connectivity index (χ4v) is 4.00. The second kappa shape index (κ2) is 10.2. The van der Waals surface area contributed by atoms with Crippen molar-refractivity contribution in [3.8, 4) is 0 Å². The van der Waals surface area contributed by atoms with E-state index < -0.39 is 5.91 Å². The number of carbonyl (C=O) groups excluding carboxylic acids is 1. The van der Waals surface area contributed by atoms with Crippen LogP contribution in [-0.4, -0.2) is 56.1 Å². The summed E-state index contributed by atoms with van der Waals surface area (Å²) >= 11 is 0. The number of nitrogens with zero attached hydrogens (tertiary/aromatic N) is 2. The van der Waals surface area contributed by atoms with Crippen molar-refractivity contribution in [3.05, 3.63) is 35.6 Å². The number of anilines is 1. The maximum Gasteiger partial charge on any atom is 0.260 e. The van der Waals surface area contributed by atoms with Gasteiger partial charge in [-0.15, -0.1) is 0 Å². The summed E-state index contributed by atoms with van der Waals surface area (Å²) in [6.45, 7) is 9.06. The highest BCUT2D eigenvalue weighted by Gasteiger charge is 2.32. The van der Waals surface area contributed by atoms with Crippen molar-refractivity contribution in [2.24, 2.45) is 11.8 Å². The zero-order valence-electron chi connectivity index (χ0n) is 18.7. The number of benzene rings is 1. The van der Waals surface area contributed by atoms with Crippen molar-refractivity contribution in [1.29, 1.82) is 5.41 Å². The van der Waals surface area contributed by atoms with Crippen LogP contribution in [-0.2, 0) is 4.74 Å². The molecule has 1 aliphatic rings. The van der Waals surface area contributed by atoms with E-state index in [-0.39, 0.29) is 17.8 Å². The third-order valence-electron chi connectivity index (χ3n) is 5.56. The number of nitrogens with one attached hydrogen (secondary N) is 3. The Hall–Kier alpha value is -2.58. The number of pyridine rings is 1. The van der Waals surface area contributed by atoms with Gasteiger partial charge < -0.3 is 20.3 Å². The Balaban J connectivity index is 1.89. The molecule has 0 unspecified atom stereocenters. The predicted octanol–water partition coefficient (Wildman–Crippen LogP) is 3.19. The number of ether oxygens (including phenoxy) is 1. The van der Waals surface area contributed by atoms with Crippen molar-refractivity contribution < 1.29 is 13.9 Å². The fraction of sp³-hybridized carbons (Fsp3) is 0.522. The number of hydrogen-bond acceptors (Lipinski definition) is 6. The van der Waals surface area contributed by atoms with Crippen LogP contribution in [0.25, 0.3) is 10.9 Å². The zero-order chi connectivity index (χ0) is 22.5. The Bertz CT molecular complexity index is 949. The van der Waals surface area contributed by atoms with Crippen LogP contribution in [0.1, 0.15) is 37.6 Å². The van der Waals surface area contributed by atoms with Gasteiger partial charge >= 0.3 is 0 Å². The molecule has 0 saturated carbocycles. The molecule has 8 heteroatoms. The summed E-state index contributed by atoms with van der Waals surface area (Å²) < 4.78 is 19.5. The van der Waals surface area contributed by atoms with Crippen LogP contribution in [0.2, 0.25) is 0 Å². The molecule has 0 aliphatic carbocycles. The number of carbonyl (C=O) groups is 1. The molecule has 3 rings (SSSR count). The van der Waals surface area contributed by atoms with Crippen molar-refractivity contribution in [3.63, 3.8) is 0 Å². The first kappa shape index (κ1) is 23.1. The van der Waals surface area contributed by atoms with Crippen LogP contribution in [0, 0.1) is 23.1 Å². The number of amides is 1. The number of methoxy groups -OCH3 is 1. The molecule has 0 bridgehead atoms. The molecular formula is C23H32FN5O2. The van der Waals surface area contributed by atoms with Crippen molar-refractivity contribution in [2.75, 3.05) is 38.2 Å². The summed E-state index contributed by atoms with van der Waals surface area (Å²) in [5, 5.41) is 14.2. The Morgan fingerprint density at radius 3 is 2.84 bits per heavy atom. The average Bonchev–Trinajstić information content (AvgIpc) is 2.72. The third kappa shape index (κ3) is 5.77. The highest BCUT2D eigenvalue weighted by Crippen LogP contribution is 2.29. The molecule has 2 heterocycles. The number of amidine groups is 1. The molecule has 1 saturated heterocycles. The Morgan fingerprint density at radius 2 is 2.16 bits per heavy atom. The molecule has 168 valence electrons. The molecule has 7 nitrogen and oxygen atoms in total. The van der Waals surface area contributed by atoms with Crippen LogP contribution >= 0.6 is 0 Å². The topological polar surface area (TPSA) is 90.3 Å². The lowest BCUT2D eigenvalue weighted by Crippen LogP contribution is -2.49. The number of aromatic nitrogens is 1. The van der Waals surface area contributed by atoms with Gasteiger partial charge in [0.05, 0.1) is 23.0 Å². The van der Waals surface area contributed by atoms with E-state index in [1.165, 1.54) is 19.1 Å². The molecule has 0 radical (unpaired) electrons. The minimum Gasteiger partial charge on any atom is -0.379 e. The third-order valence-corrected chi connectivity index (χ3v) is 5.56. The zero-order valence-corrected chi connectivity index (χ0v) is 18.7. The molecule has 1 aliphatic heterocycles. The van der Waals surface area contributed by atoms with Gasteiger partial charge in [0.25, 0.3) is 5.91 Å². The number of piperidine rings is 1. The lowest BCUT2D eigenvalue weighted by molar-refractivity contribution is 0.0421. The van der Waals surface area contributed by atoms with Gasteiger partial charge in [-0.1, -0.05) is 13.8 Å². The van der Waals surface area contributed by atoms with Gasteiger partial charge in [-0.2, -0.15) is 0 Å². The first-order chi connectivity index (χ1) is 14.8. The van der Waals surface area contributed by atoms with E-state index in [1.54, 1.807) is 19.2 Å². The van der Waals surface area contributed by atoms with E-state index >= 15 is 0 Å². The maximum absolute atomic E-state index is 13.7. The molecule has 0 spiro atoms. The van der Waals surface area contributed by atoms with E-state index in [0.29, 0.717) is 40.7 Å². The molecule has 1 amide bonds. The van der Waals surface area contributed by atoms with Gasteiger partial charge in [-0.25, -0.2) is 9.37 Å². The number of hydrogen-bond donors (Lipinski definition) is 3. The summed E-state index contributed by atoms with van der Waals surface area (Å²) in [7, 11) is 1.71. The Morgan fingerprint density at radius 1 is 1.39 bits per heavy atom. The summed E-state index contributed by atoms with van der Waals surface area (Å²) in [5.74, 6) is 0.733. The largest absolute Gasteiger partial charge is 0.379 e. The minimum atomic E-state index is -0.421. The summed E-state index contributed by atoms with van der Waals surface area (Å²) in [6, 6.07) is 6.00. The van der Waals surface area contributed by atoms with Crippen LogP contribution in [0.5, 0.6) is 0 Å². The second-order valence-electron chi connectivity index (χ2n) is 8.60. The summed E-state index contributed by atoms with van der Waals surface area (Å²) in [4.78, 5) is 19.6. The van der Waals surface area contributed by atoms with E-state index in [4.69, 9.17) is 15.1 Å². The monoisotopic (exact) mass is 429 g/mol. The van der Waals surface area contributed by atoms with Crippen LogP contribution < -0.4 is 15.5 Å². The summed E-state index contributed by atoms with van der Waals surface area (Å²) in [6.07, 6.45) is 0.900. The van der Waals surface area contributed by atoms with Crippen molar-refractivity contribution in [2.45, 2.75) is 33.3 Å². The van der Waals surface area contributed by atoms with Gasteiger partial charge in [-0.05, 0) is 50.1 Å². The minimum absolute atomic E-state index is 0.000452. The van der Waals surface area contributed by atoms with Gasteiger partial charge in [0.1, 0.15) is 11.6 Å². The van der Waals surface area contributed by atoms with E-state index in [2.05, 4.69) is 29.4 Å². The average molecular weight is 430 g/mol. The van der Waals surface area contributed by atoms with Crippen LogP contribution in [0.4, 0.5) is 10.2 Å². The van der Waals surface area contributed by atoms with Gasteiger partial charge in [0, 0.05) is 38.0 Å². The van der Waals surface area contributed by atoms with E-state index in [0.717, 1.165) is 26.1 Å². The standard InChI is InChI=1S/C23H32FN5O2/c1-14(2)11-26-12-16-7-8-29(13-21(16)31-4)22-19(23(30)27-15(3)25)10-17-9-18(24)5-6-20(17)28-22/h5-6,9-10,14,16,21,26H,7-8,11-13H2,1-4H3,(H2,25,27,30)/t16-,21-/m0/s1. The first-order valence-electron chi connectivity index (χ1n) is 10.7. The summed E-state index contributed by atoms with van der Waals surface area (Å²) in [5.41, 5.74) is 0.949. The van der Waals surface area contributed by atoms with Gasteiger partial charge in [0.2, 0.25) is 0 Å². The molecule has 1 fully saturated rings. The normalized spacial score (nSPS) is 19.1. The SMILES string of the molecule is CO[C@H]1CN(c2nc3ccc(F)cc3cc2C(=O)NC(C)=N)CC[C@H]1CNCC(C)C. The van der Waals surface area contributed by atoms with E-state index in [1.807, 2.05) is 0 Å². The molecule has 1 aromatic carbocycles. The molecular weight excluding hydrogens is 397 g/mol. The molecule has 31 heavy (non-hydrogen) atoms. The number of rotatable bonds is 7. The van der Waals surface area contributed by atoms with Crippen LogP contribution in [0.15, 0.2) is 24.3 Å². The van der Waals surface area contributed by atoms with Crippen molar-refractivity contribution in [1.82, 2.24) is 15.6 Å². The lowest BCUT2D eigenvalue weighted by atomic mass is 9.93. The highest BCUT2D eigenvalue weighted by molar-refractivity contribution is 6.09. The van der Waals surface area contributed by atoms with Gasteiger partial charge in [0.15, 0.2) is 0 Å². The maximum atomic E-state index is 13.7.